The minimum atomic E-state index is 0.676. The number of nitrogens with zero attached hydrogens (tertiary/aromatic N) is 5. The second-order valence-electron chi connectivity index (χ2n) is 6.18. The number of pyridine rings is 1. The molecule has 0 saturated carbocycles. The topological polar surface area (TPSA) is 60.6 Å². The van der Waals surface area contributed by atoms with Crippen molar-refractivity contribution < 1.29 is 0 Å². The third-order valence-electron chi connectivity index (χ3n) is 4.14. The largest absolute Gasteiger partial charge is 0.378 e. The maximum Gasteiger partial charge on any atom is 0.0988 e. The molecule has 6 heteroatoms. The van der Waals surface area contributed by atoms with Crippen LogP contribution in [0.15, 0.2) is 73.4 Å². The van der Waals surface area contributed by atoms with Gasteiger partial charge in [0.1, 0.15) is 0 Å². The van der Waals surface area contributed by atoms with Gasteiger partial charge in [-0.05, 0) is 17.7 Å². The highest BCUT2D eigenvalue weighted by Gasteiger charge is 2.10. The molecule has 0 aliphatic carbocycles. The molecule has 3 aromatic heterocycles. The van der Waals surface area contributed by atoms with Crippen molar-refractivity contribution in [2.75, 3.05) is 5.32 Å². The number of nitrogens with one attached hydrogen (secondary N) is 1. The molecule has 4 aromatic rings. The number of aryl methyl sites for hydroxylation is 1. The summed E-state index contributed by atoms with van der Waals surface area (Å²) in [5.74, 6) is 0. The van der Waals surface area contributed by atoms with E-state index in [1.807, 2.05) is 71.5 Å². The highest BCUT2D eigenvalue weighted by molar-refractivity contribution is 5.62. The minimum Gasteiger partial charge on any atom is -0.378 e. The van der Waals surface area contributed by atoms with Crippen LogP contribution in [0.25, 0.3) is 11.3 Å². The van der Waals surface area contributed by atoms with Gasteiger partial charge in [0.15, 0.2) is 0 Å². The Morgan fingerprint density at radius 1 is 1.00 bits per heavy atom. The normalized spacial score (nSPS) is 10.8. The Balaban J connectivity index is 1.45. The summed E-state index contributed by atoms with van der Waals surface area (Å²) in [6.07, 6.45) is 9.51. The van der Waals surface area contributed by atoms with Crippen LogP contribution in [0.4, 0.5) is 5.69 Å². The van der Waals surface area contributed by atoms with Gasteiger partial charge in [0.25, 0.3) is 0 Å². The maximum absolute atomic E-state index is 4.57. The van der Waals surface area contributed by atoms with Crippen molar-refractivity contribution >= 4 is 5.69 Å². The third kappa shape index (κ3) is 3.64. The van der Waals surface area contributed by atoms with Crippen LogP contribution in [-0.4, -0.2) is 24.5 Å². The van der Waals surface area contributed by atoms with E-state index in [0.29, 0.717) is 6.54 Å². The summed E-state index contributed by atoms with van der Waals surface area (Å²) in [7, 11) is 1.93. The molecule has 0 fully saturated rings. The van der Waals surface area contributed by atoms with Crippen LogP contribution in [-0.2, 0) is 20.1 Å². The molecule has 6 nitrogen and oxygen atoms in total. The van der Waals surface area contributed by atoms with Crippen molar-refractivity contribution in [2.24, 2.45) is 7.05 Å². The second-order valence-corrected chi connectivity index (χ2v) is 6.18. The Kier molecular flexibility index (Phi) is 4.47. The zero-order chi connectivity index (χ0) is 17.8. The molecular formula is C20H20N6. The van der Waals surface area contributed by atoms with Gasteiger partial charge in [-0.25, -0.2) is 0 Å². The summed E-state index contributed by atoms with van der Waals surface area (Å²) in [6.45, 7) is 1.44. The number of hydrogen-bond donors (Lipinski definition) is 1. The number of anilines is 1. The van der Waals surface area contributed by atoms with Crippen LogP contribution >= 0.6 is 0 Å². The van der Waals surface area contributed by atoms with E-state index in [1.165, 1.54) is 5.56 Å². The first-order chi connectivity index (χ1) is 12.8. The van der Waals surface area contributed by atoms with E-state index in [2.05, 4.69) is 32.6 Å². The van der Waals surface area contributed by atoms with Crippen LogP contribution in [0.2, 0.25) is 0 Å². The Morgan fingerprint density at radius 3 is 2.69 bits per heavy atom. The molecule has 26 heavy (non-hydrogen) atoms. The quantitative estimate of drug-likeness (QED) is 0.583. The molecule has 0 aliphatic rings. The maximum atomic E-state index is 4.57. The third-order valence-corrected chi connectivity index (χ3v) is 4.14. The summed E-state index contributed by atoms with van der Waals surface area (Å²) in [5.41, 5.74) is 5.31. The first-order valence-corrected chi connectivity index (χ1v) is 8.51. The van der Waals surface area contributed by atoms with Gasteiger partial charge in [0.2, 0.25) is 0 Å². The SMILES string of the molecule is Cn1cc(CNc2cnn(Cc3ccccc3)c2)c(-c2cccnc2)n1. The summed E-state index contributed by atoms with van der Waals surface area (Å²) in [4.78, 5) is 4.19. The number of benzene rings is 1. The lowest BCUT2D eigenvalue weighted by molar-refractivity contribution is 0.687. The van der Waals surface area contributed by atoms with E-state index >= 15 is 0 Å². The van der Waals surface area contributed by atoms with E-state index in [1.54, 1.807) is 6.20 Å². The monoisotopic (exact) mass is 344 g/mol. The van der Waals surface area contributed by atoms with E-state index in [-0.39, 0.29) is 0 Å². The lowest BCUT2D eigenvalue weighted by atomic mass is 10.1. The molecular weight excluding hydrogens is 324 g/mol. The van der Waals surface area contributed by atoms with Crippen LogP contribution in [0.5, 0.6) is 0 Å². The molecule has 0 atom stereocenters. The van der Waals surface area contributed by atoms with Crippen molar-refractivity contribution in [1.29, 1.82) is 0 Å². The summed E-state index contributed by atoms with van der Waals surface area (Å²) < 4.78 is 3.76. The fraction of sp³-hybridized carbons (Fsp3) is 0.150. The zero-order valence-electron chi connectivity index (χ0n) is 14.6. The first-order valence-electron chi connectivity index (χ1n) is 8.51. The van der Waals surface area contributed by atoms with E-state index < -0.39 is 0 Å². The standard InChI is InChI=1S/C20H20N6/c1-25-14-18(20(24-25)17-8-5-9-21-10-17)11-22-19-12-23-26(15-19)13-16-6-3-2-4-7-16/h2-10,12,14-15,22H,11,13H2,1H3. The predicted octanol–water partition coefficient (Wildman–Crippen LogP) is 3.34. The van der Waals surface area contributed by atoms with E-state index in [9.17, 15) is 0 Å². The van der Waals surface area contributed by atoms with Gasteiger partial charge in [-0.2, -0.15) is 10.2 Å². The van der Waals surface area contributed by atoms with E-state index in [0.717, 1.165) is 29.1 Å². The molecule has 0 spiro atoms. The van der Waals surface area contributed by atoms with Gasteiger partial charge in [-0.1, -0.05) is 30.3 Å². The molecule has 0 aliphatic heterocycles. The Bertz CT molecular complexity index is 972. The van der Waals surface area contributed by atoms with Crippen molar-refractivity contribution in [1.82, 2.24) is 24.5 Å². The van der Waals surface area contributed by atoms with Gasteiger partial charge in [-0.15, -0.1) is 0 Å². The Hall–Kier alpha value is -3.41. The lowest BCUT2D eigenvalue weighted by Crippen LogP contribution is -2.01. The average Bonchev–Trinajstić information content (AvgIpc) is 3.28. The van der Waals surface area contributed by atoms with Gasteiger partial charge in [0.05, 0.1) is 24.1 Å². The van der Waals surface area contributed by atoms with Gasteiger partial charge in [0, 0.05) is 49.5 Å². The summed E-state index contributed by atoms with van der Waals surface area (Å²) in [6, 6.07) is 14.3. The molecule has 4 rings (SSSR count). The van der Waals surface area contributed by atoms with Crippen molar-refractivity contribution in [2.45, 2.75) is 13.1 Å². The fourth-order valence-electron chi connectivity index (χ4n) is 2.92. The highest BCUT2D eigenvalue weighted by Crippen LogP contribution is 2.21. The Labute approximate surface area is 152 Å². The zero-order valence-corrected chi connectivity index (χ0v) is 14.6. The van der Waals surface area contributed by atoms with Gasteiger partial charge >= 0.3 is 0 Å². The highest BCUT2D eigenvalue weighted by atomic mass is 15.3. The molecule has 0 bridgehead atoms. The van der Waals surface area contributed by atoms with Gasteiger partial charge < -0.3 is 5.32 Å². The average molecular weight is 344 g/mol. The Morgan fingerprint density at radius 2 is 1.88 bits per heavy atom. The van der Waals surface area contributed by atoms with Crippen molar-refractivity contribution in [3.8, 4) is 11.3 Å². The molecule has 0 amide bonds. The number of hydrogen-bond acceptors (Lipinski definition) is 4. The molecule has 0 unspecified atom stereocenters. The molecule has 3 heterocycles. The van der Waals surface area contributed by atoms with Crippen molar-refractivity contribution in [3.05, 3.63) is 84.6 Å². The summed E-state index contributed by atoms with van der Waals surface area (Å²) in [5, 5.41) is 12.4. The first kappa shape index (κ1) is 16.1. The molecule has 1 aromatic carbocycles. The van der Waals surface area contributed by atoms with Crippen LogP contribution in [0.3, 0.4) is 0 Å². The number of rotatable bonds is 6. The van der Waals surface area contributed by atoms with E-state index in [4.69, 9.17) is 0 Å². The van der Waals surface area contributed by atoms with Crippen LogP contribution < -0.4 is 5.32 Å². The van der Waals surface area contributed by atoms with Gasteiger partial charge in [-0.3, -0.25) is 14.3 Å². The van der Waals surface area contributed by atoms with Crippen LogP contribution in [0, 0.1) is 0 Å². The molecule has 130 valence electrons. The number of aromatic nitrogens is 5. The smallest absolute Gasteiger partial charge is 0.0988 e. The summed E-state index contributed by atoms with van der Waals surface area (Å²) >= 11 is 0. The fourth-order valence-corrected chi connectivity index (χ4v) is 2.92. The molecule has 1 N–H and O–H groups in total. The molecule has 0 radical (unpaired) electrons. The molecule has 0 saturated heterocycles. The minimum absolute atomic E-state index is 0.676. The van der Waals surface area contributed by atoms with Crippen LogP contribution in [0.1, 0.15) is 11.1 Å². The van der Waals surface area contributed by atoms with Crippen molar-refractivity contribution in [3.63, 3.8) is 0 Å². The predicted molar refractivity (Wildman–Crippen MR) is 102 cm³/mol. The lowest BCUT2D eigenvalue weighted by Gasteiger charge is -2.04. The second kappa shape index (κ2) is 7.23.